The van der Waals surface area contributed by atoms with E-state index in [-0.39, 0.29) is 22.5 Å². The predicted octanol–water partition coefficient (Wildman–Crippen LogP) is 4.29. The van der Waals surface area contributed by atoms with Gasteiger partial charge in [-0.3, -0.25) is 4.79 Å². The molecule has 0 aliphatic heterocycles. The van der Waals surface area contributed by atoms with E-state index in [4.69, 9.17) is 9.15 Å². The van der Waals surface area contributed by atoms with Crippen molar-refractivity contribution in [3.8, 4) is 5.75 Å². The zero-order valence-electron chi connectivity index (χ0n) is 15.6. The molecule has 0 spiro atoms. The molecule has 0 atom stereocenters. The van der Waals surface area contributed by atoms with Crippen molar-refractivity contribution in [1.82, 2.24) is 0 Å². The number of benzene rings is 2. The normalized spacial score (nSPS) is 11.4. The number of rotatable bonds is 7. The van der Waals surface area contributed by atoms with Crippen molar-refractivity contribution in [3.05, 3.63) is 78.3 Å². The number of furan rings is 1. The van der Waals surface area contributed by atoms with Gasteiger partial charge in [0.05, 0.1) is 23.0 Å². The molecule has 0 saturated carbocycles. The highest BCUT2D eigenvalue weighted by atomic mass is 32.2. The largest absolute Gasteiger partial charge is 0.491 e. The molecule has 0 aliphatic rings. The number of hydrogen-bond acceptors (Lipinski definition) is 5. The molecule has 28 heavy (non-hydrogen) atoms. The third-order valence-electron chi connectivity index (χ3n) is 3.88. The first-order valence-electron chi connectivity index (χ1n) is 8.77. The fourth-order valence-corrected chi connectivity index (χ4v) is 4.02. The first-order valence-corrected chi connectivity index (χ1v) is 10.4. The van der Waals surface area contributed by atoms with Crippen LogP contribution in [0.1, 0.15) is 30.0 Å². The molecule has 1 amide bonds. The lowest BCUT2D eigenvalue weighted by molar-refractivity contribution is 0.0995. The van der Waals surface area contributed by atoms with Crippen LogP contribution in [0.5, 0.6) is 5.75 Å². The van der Waals surface area contributed by atoms with Crippen molar-refractivity contribution in [2.45, 2.75) is 30.6 Å². The van der Waals surface area contributed by atoms with E-state index in [1.165, 1.54) is 24.5 Å². The summed E-state index contributed by atoms with van der Waals surface area (Å²) in [6.07, 6.45) is 1.36. The Morgan fingerprint density at radius 3 is 2.36 bits per heavy atom. The van der Waals surface area contributed by atoms with Crippen LogP contribution in [0.2, 0.25) is 0 Å². The van der Waals surface area contributed by atoms with Crippen molar-refractivity contribution < 1.29 is 22.4 Å². The molecule has 146 valence electrons. The first-order chi connectivity index (χ1) is 13.3. The van der Waals surface area contributed by atoms with Gasteiger partial charge in [-0.05, 0) is 56.3 Å². The van der Waals surface area contributed by atoms with Gasteiger partial charge in [-0.15, -0.1) is 0 Å². The topological polar surface area (TPSA) is 85.6 Å². The maximum atomic E-state index is 12.6. The quantitative estimate of drug-likeness (QED) is 0.640. The van der Waals surface area contributed by atoms with Crippen molar-refractivity contribution >= 4 is 21.4 Å². The molecular formula is C21H21NO5S. The summed E-state index contributed by atoms with van der Waals surface area (Å²) >= 11 is 0. The molecule has 0 saturated heterocycles. The summed E-state index contributed by atoms with van der Waals surface area (Å²) in [5.41, 5.74) is 0.857. The summed E-state index contributed by atoms with van der Waals surface area (Å²) in [6, 6.07) is 16.5. The lowest BCUT2D eigenvalue weighted by Gasteiger charge is -2.10. The average molecular weight is 399 g/mol. The van der Waals surface area contributed by atoms with Crippen LogP contribution in [-0.4, -0.2) is 20.4 Å². The van der Waals surface area contributed by atoms with E-state index in [1.807, 2.05) is 13.8 Å². The molecule has 1 aromatic heterocycles. The van der Waals surface area contributed by atoms with Crippen molar-refractivity contribution in [2.75, 3.05) is 5.32 Å². The van der Waals surface area contributed by atoms with E-state index in [0.717, 1.165) is 0 Å². The number of nitrogens with one attached hydrogen (secondary N) is 1. The van der Waals surface area contributed by atoms with Gasteiger partial charge in [0.2, 0.25) is 0 Å². The van der Waals surface area contributed by atoms with E-state index >= 15 is 0 Å². The molecule has 1 heterocycles. The molecule has 3 rings (SSSR count). The number of carbonyl (C=O) groups is 1. The van der Waals surface area contributed by atoms with Crippen LogP contribution in [0, 0.1) is 0 Å². The number of amides is 1. The molecule has 0 fully saturated rings. The Labute approximate surface area is 164 Å². The second-order valence-corrected chi connectivity index (χ2v) is 8.48. The molecule has 0 unspecified atom stereocenters. The maximum absolute atomic E-state index is 12.6. The highest BCUT2D eigenvalue weighted by Gasteiger charge is 2.22. The molecule has 0 bridgehead atoms. The van der Waals surface area contributed by atoms with Gasteiger partial charge in [0.15, 0.2) is 15.6 Å². The standard InChI is InChI=1S/C21H21NO5S/c1-15(2)27-18-10-8-17(9-11-18)22-21(23)20-16(12-13-26-20)14-28(24,25)19-6-4-3-5-7-19/h3-13,15H,14H2,1-2H3,(H,22,23). The molecule has 6 nitrogen and oxygen atoms in total. The molecule has 0 aliphatic carbocycles. The van der Waals surface area contributed by atoms with Crippen LogP contribution in [0.3, 0.4) is 0 Å². The Morgan fingerprint density at radius 1 is 1.04 bits per heavy atom. The van der Waals surface area contributed by atoms with Crippen LogP contribution in [-0.2, 0) is 15.6 Å². The van der Waals surface area contributed by atoms with Gasteiger partial charge in [-0.1, -0.05) is 18.2 Å². The van der Waals surface area contributed by atoms with Gasteiger partial charge in [0, 0.05) is 11.3 Å². The van der Waals surface area contributed by atoms with E-state index in [2.05, 4.69) is 5.32 Å². The zero-order chi connectivity index (χ0) is 20.1. The van der Waals surface area contributed by atoms with Crippen LogP contribution in [0.4, 0.5) is 5.69 Å². The van der Waals surface area contributed by atoms with E-state index in [1.54, 1.807) is 42.5 Å². The predicted molar refractivity (Wildman–Crippen MR) is 106 cm³/mol. The molecule has 3 aromatic rings. The third-order valence-corrected chi connectivity index (χ3v) is 5.57. The highest BCUT2D eigenvalue weighted by molar-refractivity contribution is 7.90. The molecule has 7 heteroatoms. The fraction of sp³-hybridized carbons (Fsp3) is 0.190. The summed E-state index contributed by atoms with van der Waals surface area (Å²) in [6.45, 7) is 3.86. The van der Waals surface area contributed by atoms with Crippen LogP contribution in [0.25, 0.3) is 0 Å². The zero-order valence-corrected chi connectivity index (χ0v) is 16.4. The minimum absolute atomic E-state index is 0.0259. The summed E-state index contributed by atoms with van der Waals surface area (Å²) in [4.78, 5) is 12.7. The fourth-order valence-electron chi connectivity index (χ4n) is 2.64. The molecule has 0 radical (unpaired) electrons. The highest BCUT2D eigenvalue weighted by Crippen LogP contribution is 2.22. The minimum atomic E-state index is -3.59. The van der Waals surface area contributed by atoms with Gasteiger partial charge in [0.1, 0.15) is 5.75 Å². The van der Waals surface area contributed by atoms with Gasteiger partial charge in [0.25, 0.3) is 5.91 Å². The summed E-state index contributed by atoms with van der Waals surface area (Å²) < 4.78 is 36.0. The lowest BCUT2D eigenvalue weighted by Crippen LogP contribution is -2.15. The number of sulfone groups is 1. The molecule has 1 N–H and O–H groups in total. The van der Waals surface area contributed by atoms with Gasteiger partial charge >= 0.3 is 0 Å². The van der Waals surface area contributed by atoms with Crippen LogP contribution in [0.15, 0.2) is 76.2 Å². The maximum Gasteiger partial charge on any atom is 0.291 e. The molecule has 2 aromatic carbocycles. The van der Waals surface area contributed by atoms with Gasteiger partial charge < -0.3 is 14.5 Å². The lowest BCUT2D eigenvalue weighted by atomic mass is 10.2. The second kappa shape index (κ2) is 8.31. The average Bonchev–Trinajstić information content (AvgIpc) is 3.11. The van der Waals surface area contributed by atoms with Crippen LogP contribution >= 0.6 is 0 Å². The van der Waals surface area contributed by atoms with E-state index in [9.17, 15) is 13.2 Å². The SMILES string of the molecule is CC(C)Oc1ccc(NC(=O)c2occc2CS(=O)(=O)c2ccccc2)cc1. The second-order valence-electron chi connectivity index (χ2n) is 6.49. The third kappa shape index (κ3) is 4.80. The van der Waals surface area contributed by atoms with Crippen LogP contribution < -0.4 is 10.1 Å². The minimum Gasteiger partial charge on any atom is -0.491 e. The van der Waals surface area contributed by atoms with Crippen molar-refractivity contribution in [1.29, 1.82) is 0 Å². The Bertz CT molecular complexity index is 1040. The summed E-state index contributed by atoms with van der Waals surface area (Å²) in [5.74, 6) is -0.166. The monoisotopic (exact) mass is 399 g/mol. The van der Waals surface area contributed by atoms with Gasteiger partial charge in [-0.2, -0.15) is 0 Å². The first kappa shape index (κ1) is 19.7. The Morgan fingerprint density at radius 2 is 1.71 bits per heavy atom. The smallest absolute Gasteiger partial charge is 0.291 e. The van der Waals surface area contributed by atoms with Crippen molar-refractivity contribution in [2.24, 2.45) is 0 Å². The number of carbonyl (C=O) groups excluding carboxylic acids is 1. The van der Waals surface area contributed by atoms with Crippen molar-refractivity contribution in [3.63, 3.8) is 0 Å². The number of anilines is 1. The Kier molecular flexibility index (Phi) is 5.84. The molecular weight excluding hydrogens is 378 g/mol. The summed E-state index contributed by atoms with van der Waals surface area (Å²) in [5, 5.41) is 2.71. The number of hydrogen-bond donors (Lipinski definition) is 1. The Balaban J connectivity index is 1.73. The summed E-state index contributed by atoms with van der Waals surface area (Å²) in [7, 11) is -3.59. The van der Waals surface area contributed by atoms with E-state index < -0.39 is 15.7 Å². The van der Waals surface area contributed by atoms with Gasteiger partial charge in [-0.25, -0.2) is 8.42 Å². The number of ether oxygens (including phenoxy) is 1. The Hall–Kier alpha value is -3.06. The van der Waals surface area contributed by atoms with E-state index in [0.29, 0.717) is 17.0 Å².